The van der Waals surface area contributed by atoms with Gasteiger partial charge in [-0.1, -0.05) is 30.7 Å². The molecule has 27 heavy (non-hydrogen) atoms. The first kappa shape index (κ1) is 20.8. The minimum absolute atomic E-state index is 0.366. The van der Waals surface area contributed by atoms with E-state index in [0.29, 0.717) is 34.8 Å². The lowest BCUT2D eigenvalue weighted by Crippen LogP contribution is -2.29. The molecule has 0 aliphatic carbocycles. The Bertz CT molecular complexity index is 935. The topological polar surface area (TPSA) is 40.6 Å². The minimum atomic E-state index is 0.366. The summed E-state index contributed by atoms with van der Waals surface area (Å²) in [5, 5.41) is 2.35. The Morgan fingerprint density at radius 2 is 1.96 bits per heavy atom. The average Bonchev–Trinajstić information content (AvgIpc) is 2.64. The lowest BCUT2D eigenvalue weighted by molar-refractivity contribution is 0.310. The zero-order valence-corrected chi connectivity index (χ0v) is 17.3. The van der Waals surface area contributed by atoms with Crippen LogP contribution >= 0.6 is 11.6 Å². The van der Waals surface area contributed by atoms with Gasteiger partial charge in [0, 0.05) is 11.4 Å². The number of ether oxygens (including phenoxy) is 3. The van der Waals surface area contributed by atoms with E-state index in [-0.39, 0.29) is 0 Å². The highest BCUT2D eigenvalue weighted by Gasteiger charge is 2.10. The number of hydrogen-bond acceptors (Lipinski definition) is 4. The number of benzene rings is 1. The number of aryl methyl sites for hydroxylation is 1. The van der Waals surface area contributed by atoms with Crippen molar-refractivity contribution < 1.29 is 14.2 Å². The van der Waals surface area contributed by atoms with Gasteiger partial charge in [0.15, 0.2) is 11.5 Å². The summed E-state index contributed by atoms with van der Waals surface area (Å²) in [5.41, 5.74) is 0.975. The third-order valence-electron chi connectivity index (χ3n) is 3.79. The SMILES string of the molecule is C\C=C/C(Oc1ncc(C)cc1Cl)=c1/cc(OC)c(OCC)c/c1=C\CC. The van der Waals surface area contributed by atoms with Gasteiger partial charge in [-0.25, -0.2) is 4.98 Å². The van der Waals surface area contributed by atoms with E-state index in [4.69, 9.17) is 25.8 Å². The molecule has 5 heteroatoms. The molecule has 0 N–H and O–H groups in total. The zero-order chi connectivity index (χ0) is 19.8. The van der Waals surface area contributed by atoms with Gasteiger partial charge in [0.25, 0.3) is 0 Å². The van der Waals surface area contributed by atoms with Crippen molar-refractivity contribution in [3.05, 3.63) is 57.6 Å². The molecule has 0 bridgehead atoms. The maximum Gasteiger partial charge on any atom is 0.238 e. The molecule has 1 aromatic heterocycles. The number of aromatic nitrogens is 1. The maximum absolute atomic E-state index is 6.31. The highest BCUT2D eigenvalue weighted by molar-refractivity contribution is 6.31. The summed E-state index contributed by atoms with van der Waals surface area (Å²) < 4.78 is 17.3. The second kappa shape index (κ2) is 10.0. The van der Waals surface area contributed by atoms with Crippen molar-refractivity contribution in [1.29, 1.82) is 0 Å². The molecule has 144 valence electrons. The summed E-state index contributed by atoms with van der Waals surface area (Å²) in [6.07, 6.45) is 8.52. The predicted octanol–water partition coefficient (Wildman–Crippen LogP) is 4.40. The van der Waals surface area contributed by atoms with Crippen LogP contribution in [0.25, 0.3) is 11.8 Å². The predicted molar refractivity (Wildman–Crippen MR) is 111 cm³/mol. The molecule has 0 atom stereocenters. The normalized spacial score (nSPS) is 13.0. The molecule has 0 aliphatic heterocycles. The van der Waals surface area contributed by atoms with E-state index >= 15 is 0 Å². The molecular formula is C22H26ClNO3. The van der Waals surface area contributed by atoms with Crippen molar-refractivity contribution in [2.75, 3.05) is 13.7 Å². The summed E-state index contributed by atoms with van der Waals surface area (Å²) in [6.45, 7) is 8.46. The van der Waals surface area contributed by atoms with Crippen molar-refractivity contribution >= 4 is 23.4 Å². The molecule has 0 saturated heterocycles. The summed E-state index contributed by atoms with van der Waals surface area (Å²) in [5.74, 6) is 2.35. The van der Waals surface area contributed by atoms with E-state index in [1.54, 1.807) is 13.3 Å². The first-order valence-corrected chi connectivity index (χ1v) is 9.39. The molecule has 0 unspecified atom stereocenters. The fourth-order valence-electron chi connectivity index (χ4n) is 2.64. The van der Waals surface area contributed by atoms with Crippen LogP contribution in [0.5, 0.6) is 17.4 Å². The number of methoxy groups -OCH3 is 1. The number of nitrogens with zero attached hydrogens (tertiary/aromatic N) is 1. The van der Waals surface area contributed by atoms with Gasteiger partial charge in [0.1, 0.15) is 10.8 Å². The van der Waals surface area contributed by atoms with Crippen LogP contribution in [0.3, 0.4) is 0 Å². The molecule has 0 spiro atoms. The minimum Gasteiger partial charge on any atom is -0.493 e. The molecule has 4 nitrogen and oxygen atoms in total. The van der Waals surface area contributed by atoms with Crippen molar-refractivity contribution in [3.8, 4) is 17.4 Å². The monoisotopic (exact) mass is 387 g/mol. The van der Waals surface area contributed by atoms with Crippen LogP contribution in [0.2, 0.25) is 5.02 Å². The zero-order valence-electron chi connectivity index (χ0n) is 16.5. The quantitative estimate of drug-likeness (QED) is 0.705. The standard InChI is InChI=1S/C22H26ClNO3/c1-6-9-16-12-21(26-8-3)20(25-5)13-17(16)19(10-7-2)27-22-18(23)11-15(4)14-24-22/h7,9-14H,6,8H2,1-5H3/b10-7-,16-9+,19-17+. The molecule has 0 saturated carbocycles. The van der Waals surface area contributed by atoms with Gasteiger partial charge in [-0.3, -0.25) is 0 Å². The van der Waals surface area contributed by atoms with Gasteiger partial charge in [-0.15, -0.1) is 0 Å². The Balaban J connectivity index is 2.75. The number of hydrogen-bond donors (Lipinski definition) is 0. The van der Waals surface area contributed by atoms with Crippen LogP contribution in [0.4, 0.5) is 0 Å². The summed E-state index contributed by atoms with van der Waals surface area (Å²) in [6, 6.07) is 5.72. The van der Waals surface area contributed by atoms with Crippen molar-refractivity contribution in [1.82, 2.24) is 4.98 Å². The maximum atomic E-state index is 6.31. The summed E-state index contributed by atoms with van der Waals surface area (Å²) in [4.78, 5) is 4.32. The Labute approximate surface area is 165 Å². The van der Waals surface area contributed by atoms with E-state index in [2.05, 4.69) is 18.0 Å². The largest absolute Gasteiger partial charge is 0.493 e. The van der Waals surface area contributed by atoms with Crippen LogP contribution in [-0.2, 0) is 0 Å². The van der Waals surface area contributed by atoms with Crippen LogP contribution in [0.15, 0.2) is 36.5 Å². The molecule has 0 amide bonds. The number of allylic oxidation sites excluding steroid dienone is 1. The first-order chi connectivity index (χ1) is 13.0. The van der Waals surface area contributed by atoms with Gasteiger partial charge < -0.3 is 14.2 Å². The van der Waals surface area contributed by atoms with E-state index in [1.165, 1.54) is 0 Å². The highest BCUT2D eigenvalue weighted by Crippen LogP contribution is 2.25. The first-order valence-electron chi connectivity index (χ1n) is 9.02. The fraction of sp³-hybridized carbons (Fsp3) is 0.318. The van der Waals surface area contributed by atoms with Crippen LogP contribution < -0.4 is 24.6 Å². The fourth-order valence-corrected chi connectivity index (χ4v) is 2.90. The molecule has 2 rings (SSSR count). The Morgan fingerprint density at radius 1 is 1.19 bits per heavy atom. The van der Waals surface area contributed by atoms with Crippen molar-refractivity contribution in [2.24, 2.45) is 0 Å². The van der Waals surface area contributed by atoms with E-state index in [9.17, 15) is 0 Å². The second-order valence-corrected chi connectivity index (χ2v) is 6.31. The van der Waals surface area contributed by atoms with Gasteiger partial charge in [0.2, 0.25) is 5.88 Å². The van der Waals surface area contributed by atoms with E-state index in [1.807, 2.05) is 51.1 Å². The third kappa shape index (κ3) is 5.27. The number of rotatable bonds is 7. The molecular weight excluding hydrogens is 362 g/mol. The molecule has 0 fully saturated rings. The smallest absolute Gasteiger partial charge is 0.238 e. The Hall–Kier alpha value is -2.46. The Kier molecular flexibility index (Phi) is 7.74. The second-order valence-electron chi connectivity index (χ2n) is 5.90. The van der Waals surface area contributed by atoms with Crippen molar-refractivity contribution in [3.63, 3.8) is 0 Å². The lowest BCUT2D eigenvalue weighted by atomic mass is 10.1. The molecule has 1 heterocycles. The lowest BCUT2D eigenvalue weighted by Gasteiger charge is -2.12. The van der Waals surface area contributed by atoms with Crippen molar-refractivity contribution in [2.45, 2.75) is 34.1 Å². The number of halogens is 1. The third-order valence-corrected chi connectivity index (χ3v) is 4.06. The average molecular weight is 388 g/mol. The molecule has 0 aliphatic rings. The van der Waals surface area contributed by atoms with Gasteiger partial charge in [-0.2, -0.15) is 0 Å². The molecule has 2 aromatic rings. The van der Waals surface area contributed by atoms with Gasteiger partial charge in [-0.05, 0) is 62.2 Å². The Morgan fingerprint density at radius 3 is 2.56 bits per heavy atom. The van der Waals surface area contributed by atoms with Gasteiger partial charge >= 0.3 is 0 Å². The highest BCUT2D eigenvalue weighted by atomic mass is 35.5. The van der Waals surface area contributed by atoms with Crippen LogP contribution in [0.1, 0.15) is 32.8 Å². The van der Waals surface area contributed by atoms with E-state index < -0.39 is 0 Å². The van der Waals surface area contributed by atoms with Gasteiger partial charge in [0.05, 0.1) is 13.7 Å². The number of pyridine rings is 1. The van der Waals surface area contributed by atoms with Crippen LogP contribution in [0, 0.1) is 6.92 Å². The summed E-state index contributed by atoms with van der Waals surface area (Å²) in [7, 11) is 1.62. The molecule has 0 radical (unpaired) electrons. The molecule has 1 aromatic carbocycles. The van der Waals surface area contributed by atoms with E-state index in [0.717, 1.165) is 22.4 Å². The van der Waals surface area contributed by atoms with Crippen LogP contribution in [-0.4, -0.2) is 18.7 Å². The summed E-state index contributed by atoms with van der Waals surface area (Å²) >= 11 is 6.31.